The third kappa shape index (κ3) is 4.22. The summed E-state index contributed by atoms with van der Waals surface area (Å²) in [6, 6.07) is 4.43. The lowest BCUT2D eigenvalue weighted by Crippen LogP contribution is -2.57. The molecule has 0 radical (unpaired) electrons. The van der Waals surface area contributed by atoms with Gasteiger partial charge in [-0.2, -0.15) is 0 Å². The molecule has 2 aliphatic heterocycles. The molecule has 2 N–H and O–H groups in total. The number of carbonyl (C=O) groups excluding carboxylic acids is 2. The first-order valence-electron chi connectivity index (χ1n) is 11.7. The highest BCUT2D eigenvalue weighted by atomic mass is 32.1. The highest BCUT2D eigenvalue weighted by molar-refractivity contribution is 7.09. The van der Waals surface area contributed by atoms with E-state index in [1.54, 1.807) is 12.3 Å². The van der Waals surface area contributed by atoms with E-state index in [9.17, 15) is 39.7 Å². The first kappa shape index (κ1) is 26.1. The van der Waals surface area contributed by atoms with E-state index in [0.29, 0.717) is 16.4 Å². The van der Waals surface area contributed by atoms with Crippen molar-refractivity contribution in [2.24, 2.45) is 11.8 Å². The second kappa shape index (κ2) is 9.63. The van der Waals surface area contributed by atoms with Gasteiger partial charge in [0.1, 0.15) is 23.3 Å². The maximum Gasteiger partial charge on any atom is 0.342 e. The van der Waals surface area contributed by atoms with Gasteiger partial charge >= 0.3 is 11.8 Å². The van der Waals surface area contributed by atoms with Crippen LogP contribution in [0.1, 0.15) is 22.4 Å². The number of nitrogens with zero attached hydrogens (tertiary/aromatic N) is 6. The van der Waals surface area contributed by atoms with Crippen molar-refractivity contribution in [3.8, 4) is 0 Å². The van der Waals surface area contributed by atoms with E-state index < -0.39 is 51.0 Å². The van der Waals surface area contributed by atoms with Crippen molar-refractivity contribution in [2.75, 3.05) is 6.54 Å². The molecule has 0 aliphatic carbocycles. The molecule has 4 atom stereocenters. The fourth-order valence-electron chi connectivity index (χ4n) is 5.45. The van der Waals surface area contributed by atoms with Gasteiger partial charge in [-0.25, -0.2) is 14.5 Å². The van der Waals surface area contributed by atoms with Crippen LogP contribution < -0.4 is 5.32 Å². The molecule has 2 aromatic heterocycles. The fraction of sp³-hybridized carbons (Fsp3) is 0.348. The lowest BCUT2D eigenvalue weighted by molar-refractivity contribution is -0.392. The predicted molar refractivity (Wildman–Crippen MR) is 132 cm³/mol. The molecule has 16 heteroatoms. The molecular formula is C23H21N7O8S. The number of likely N-dealkylation sites (tertiary alicyclic amines) is 1. The van der Waals surface area contributed by atoms with E-state index in [4.69, 9.17) is 0 Å². The van der Waals surface area contributed by atoms with Crippen LogP contribution in [0.2, 0.25) is 0 Å². The average Bonchev–Trinajstić information content (AvgIpc) is 3.66. The molecule has 4 heterocycles. The Morgan fingerprint density at radius 2 is 1.85 bits per heavy atom. The monoisotopic (exact) mass is 555 g/mol. The number of imidazole rings is 1. The quantitative estimate of drug-likeness (QED) is 0.220. The molecule has 202 valence electrons. The Hall–Kier alpha value is -4.57. The van der Waals surface area contributed by atoms with Gasteiger partial charge in [0.25, 0.3) is 5.69 Å². The number of hydrogen-bond acceptors (Lipinski definition) is 11. The number of fused-ring (bicyclic) bond motifs is 1. The first-order chi connectivity index (χ1) is 18.5. The number of thiazole rings is 1. The number of rotatable bonds is 9. The molecule has 4 unspecified atom stereocenters. The van der Waals surface area contributed by atoms with Crippen LogP contribution in [-0.2, 0) is 27.3 Å². The van der Waals surface area contributed by atoms with E-state index in [-0.39, 0.29) is 31.0 Å². The number of amides is 2. The Morgan fingerprint density at radius 3 is 2.44 bits per heavy atom. The third-order valence-corrected chi connectivity index (χ3v) is 8.10. The van der Waals surface area contributed by atoms with Crippen LogP contribution >= 0.6 is 11.3 Å². The molecule has 5 rings (SSSR count). The summed E-state index contributed by atoms with van der Waals surface area (Å²) in [5, 5.41) is 38.0. The number of benzene rings is 1. The van der Waals surface area contributed by atoms with Gasteiger partial charge in [-0.15, -0.1) is 11.3 Å². The smallest absolute Gasteiger partial charge is 0.342 e. The van der Waals surface area contributed by atoms with Crippen molar-refractivity contribution in [3.05, 3.63) is 78.7 Å². The molecule has 0 bridgehead atoms. The zero-order valence-corrected chi connectivity index (χ0v) is 21.1. The lowest BCUT2D eigenvalue weighted by atomic mass is 9.76. The number of nitrogens with one attached hydrogen (secondary N) is 1. The van der Waals surface area contributed by atoms with Crippen molar-refractivity contribution in [3.63, 3.8) is 0 Å². The molecular weight excluding hydrogens is 534 g/mol. The topological polar surface area (TPSA) is 204 Å². The summed E-state index contributed by atoms with van der Waals surface area (Å²) in [7, 11) is 0. The van der Waals surface area contributed by atoms with Crippen LogP contribution in [0, 0.1) is 39.0 Å². The predicted octanol–water partition coefficient (Wildman–Crippen LogP) is 1.48. The first-order valence-corrected chi connectivity index (χ1v) is 12.6. The second-order valence-electron chi connectivity index (χ2n) is 9.27. The Labute approximate surface area is 223 Å². The molecule has 0 saturated carbocycles. The summed E-state index contributed by atoms with van der Waals surface area (Å²) in [5.41, 5.74) is -1.68. The average molecular weight is 556 g/mol. The van der Waals surface area contributed by atoms with E-state index >= 15 is 0 Å². The molecule has 3 aromatic rings. The van der Waals surface area contributed by atoms with Gasteiger partial charge in [-0.1, -0.05) is 12.1 Å². The van der Waals surface area contributed by atoms with Crippen molar-refractivity contribution >= 4 is 40.6 Å². The van der Waals surface area contributed by atoms with Gasteiger partial charge < -0.3 is 15.2 Å². The Morgan fingerprint density at radius 1 is 1.13 bits per heavy atom. The number of imide groups is 1. The van der Waals surface area contributed by atoms with Crippen LogP contribution in [0.5, 0.6) is 0 Å². The Kier molecular flexibility index (Phi) is 6.43. The number of non-ortho nitro benzene ring substituents is 1. The van der Waals surface area contributed by atoms with Crippen molar-refractivity contribution in [2.45, 2.75) is 31.5 Å². The fourth-order valence-corrected chi connectivity index (χ4v) is 6.19. The molecule has 39 heavy (non-hydrogen) atoms. The normalized spacial score (nSPS) is 24.2. The SMILES string of the molecule is Cc1ncc([N+](=O)[O-])n1CCN1C(=O)C2C(c3nccs3)NC(Cc3ccc([N+](=O)[O-])cc3)(C(=O)O)C2C1=O. The summed E-state index contributed by atoms with van der Waals surface area (Å²) in [6.07, 6.45) is 2.36. The molecule has 2 saturated heterocycles. The number of aryl methyl sites for hydroxylation is 1. The van der Waals surface area contributed by atoms with E-state index in [0.717, 1.165) is 11.1 Å². The lowest BCUT2D eigenvalue weighted by Gasteiger charge is -2.31. The van der Waals surface area contributed by atoms with Gasteiger partial charge in [-0.3, -0.25) is 34.7 Å². The Balaban J connectivity index is 1.51. The number of aromatic nitrogens is 3. The maximum absolute atomic E-state index is 13.8. The third-order valence-electron chi connectivity index (χ3n) is 7.24. The van der Waals surface area contributed by atoms with Crippen molar-refractivity contribution in [1.29, 1.82) is 0 Å². The van der Waals surface area contributed by atoms with Gasteiger partial charge in [-0.05, 0) is 10.5 Å². The summed E-state index contributed by atoms with van der Waals surface area (Å²) < 4.78 is 1.27. The zero-order chi connectivity index (χ0) is 28.1. The number of carboxylic acids is 1. The highest BCUT2D eigenvalue weighted by Crippen LogP contribution is 2.50. The summed E-state index contributed by atoms with van der Waals surface area (Å²) in [4.78, 5) is 70.7. The van der Waals surface area contributed by atoms with Crippen LogP contribution in [-0.4, -0.2) is 64.3 Å². The number of carbonyl (C=O) groups is 3. The molecule has 1 aromatic carbocycles. The molecule has 0 spiro atoms. The van der Waals surface area contributed by atoms with Gasteiger partial charge in [0, 0.05) is 37.1 Å². The van der Waals surface area contributed by atoms with Crippen LogP contribution in [0.25, 0.3) is 0 Å². The minimum absolute atomic E-state index is 0.100. The molecule has 2 aliphatic rings. The molecule has 2 amide bonds. The second-order valence-corrected chi connectivity index (χ2v) is 10.2. The summed E-state index contributed by atoms with van der Waals surface area (Å²) in [6.45, 7) is 1.23. The highest BCUT2D eigenvalue weighted by Gasteiger charge is 2.68. The summed E-state index contributed by atoms with van der Waals surface area (Å²) in [5.74, 6) is -5.07. The van der Waals surface area contributed by atoms with E-state index in [1.807, 2.05) is 0 Å². The molecule has 15 nitrogen and oxygen atoms in total. The number of carboxylic acid groups (broad SMARTS) is 1. The van der Waals surface area contributed by atoms with Crippen LogP contribution in [0.3, 0.4) is 0 Å². The Bertz CT molecular complexity index is 1490. The van der Waals surface area contributed by atoms with E-state index in [2.05, 4.69) is 15.3 Å². The van der Waals surface area contributed by atoms with E-state index in [1.165, 1.54) is 46.4 Å². The van der Waals surface area contributed by atoms with Gasteiger partial charge in [0.15, 0.2) is 5.82 Å². The number of nitro benzene ring substituents is 1. The van der Waals surface area contributed by atoms with Gasteiger partial charge in [0.05, 0.1) is 29.3 Å². The largest absolute Gasteiger partial charge is 0.480 e. The van der Waals surface area contributed by atoms with Gasteiger partial charge in [0.2, 0.25) is 11.8 Å². The maximum atomic E-state index is 13.8. The van der Waals surface area contributed by atoms with Crippen molar-refractivity contribution in [1.82, 2.24) is 24.8 Å². The minimum Gasteiger partial charge on any atom is -0.480 e. The zero-order valence-electron chi connectivity index (χ0n) is 20.3. The number of hydrogen-bond donors (Lipinski definition) is 2. The standard InChI is InChI=1S/C23H21N7O8S/c1-12-25-11-15(30(37)38)27(12)7-8-28-20(31)16-17(21(28)32)23(22(33)34,26-18(16)19-24-6-9-39-19)10-13-2-4-14(5-3-13)29(35)36/h2-6,9,11,16-18,26H,7-8,10H2,1H3,(H,33,34). The van der Waals surface area contributed by atoms with Crippen LogP contribution in [0.4, 0.5) is 11.5 Å². The van der Waals surface area contributed by atoms with Crippen LogP contribution in [0.15, 0.2) is 42.0 Å². The number of aliphatic carboxylic acids is 1. The van der Waals surface area contributed by atoms with Crippen molar-refractivity contribution < 1.29 is 29.3 Å². The molecule has 2 fully saturated rings. The number of nitro groups is 2. The minimum atomic E-state index is -1.92. The summed E-state index contributed by atoms with van der Waals surface area (Å²) >= 11 is 1.21.